The molecule has 10 rings (SSSR count). The Bertz CT molecular complexity index is 2830. The average Bonchev–Trinajstić information content (AvgIpc) is 3.81. The predicted octanol–water partition coefficient (Wildman–Crippen LogP) is 13.4. The first-order chi connectivity index (χ1) is 25.3. The number of furan rings is 1. The Morgan fingerprint density at radius 1 is 0.392 bits per heavy atom. The molecule has 0 aliphatic carbocycles. The zero-order valence-corrected chi connectivity index (χ0v) is 27.5. The lowest BCUT2D eigenvalue weighted by molar-refractivity contribution is 0.619. The minimum absolute atomic E-state index is 0.602. The molecule has 0 fully saturated rings. The van der Waals surface area contributed by atoms with Crippen molar-refractivity contribution in [1.29, 1.82) is 0 Å². The van der Waals surface area contributed by atoms with Gasteiger partial charge in [-0.05, 0) is 88.1 Å². The first-order valence-corrected chi connectivity index (χ1v) is 17.1. The zero-order chi connectivity index (χ0) is 33.7. The number of hydrogen-bond acceptors (Lipinski definition) is 4. The normalized spacial score (nSPS) is 11.5. The monoisotopic (exact) mass is 654 g/mol. The number of nitrogens with zero attached hydrogens (tertiary/aromatic N) is 2. The lowest BCUT2D eigenvalue weighted by Gasteiger charge is -2.26. The Kier molecular flexibility index (Phi) is 6.78. The minimum Gasteiger partial charge on any atom is -0.455 e. The first-order valence-electron chi connectivity index (χ1n) is 17.1. The van der Waals surface area contributed by atoms with Gasteiger partial charge in [0.15, 0.2) is 5.58 Å². The fourth-order valence-electron chi connectivity index (χ4n) is 7.29. The molecule has 0 amide bonds. The molecule has 4 heteroatoms. The van der Waals surface area contributed by atoms with Gasteiger partial charge in [0, 0.05) is 33.6 Å². The summed E-state index contributed by atoms with van der Waals surface area (Å²) in [5.41, 5.74) is 11.9. The Morgan fingerprint density at radius 3 is 1.73 bits per heavy atom. The van der Waals surface area contributed by atoms with Crippen LogP contribution in [0.1, 0.15) is 0 Å². The van der Waals surface area contributed by atoms with Gasteiger partial charge in [-0.3, -0.25) is 0 Å². The highest BCUT2D eigenvalue weighted by molar-refractivity contribution is 6.19. The Labute approximate surface area is 294 Å². The predicted molar refractivity (Wildman–Crippen MR) is 210 cm³/mol. The molecule has 0 radical (unpaired) electrons. The number of fused-ring (bicyclic) bond motifs is 6. The van der Waals surface area contributed by atoms with Crippen LogP contribution in [0, 0.1) is 0 Å². The number of aromatic nitrogens is 1. The lowest BCUT2D eigenvalue weighted by atomic mass is 9.98. The van der Waals surface area contributed by atoms with E-state index in [-0.39, 0.29) is 0 Å². The van der Waals surface area contributed by atoms with Crippen molar-refractivity contribution in [3.63, 3.8) is 0 Å². The second-order valence-corrected chi connectivity index (χ2v) is 12.7. The zero-order valence-electron chi connectivity index (χ0n) is 27.5. The smallest absolute Gasteiger partial charge is 0.227 e. The van der Waals surface area contributed by atoms with Gasteiger partial charge in [-0.25, -0.2) is 4.98 Å². The summed E-state index contributed by atoms with van der Waals surface area (Å²) in [4.78, 5) is 7.22. The molecule has 0 N–H and O–H groups in total. The van der Waals surface area contributed by atoms with Crippen LogP contribution in [0.3, 0.4) is 0 Å². The number of rotatable bonds is 6. The van der Waals surface area contributed by atoms with Gasteiger partial charge in [-0.15, -0.1) is 0 Å². The van der Waals surface area contributed by atoms with Crippen LogP contribution in [0.4, 0.5) is 17.1 Å². The summed E-state index contributed by atoms with van der Waals surface area (Å²) in [6.07, 6.45) is 0. The summed E-state index contributed by atoms with van der Waals surface area (Å²) in [7, 11) is 0. The van der Waals surface area contributed by atoms with Gasteiger partial charge in [-0.1, -0.05) is 121 Å². The quantitative estimate of drug-likeness (QED) is 0.179. The van der Waals surface area contributed by atoms with Crippen molar-refractivity contribution in [2.75, 3.05) is 4.90 Å². The maximum absolute atomic E-state index is 6.56. The van der Waals surface area contributed by atoms with Crippen LogP contribution in [-0.2, 0) is 0 Å². The van der Waals surface area contributed by atoms with Crippen molar-refractivity contribution in [2.24, 2.45) is 0 Å². The van der Waals surface area contributed by atoms with E-state index in [1.807, 2.05) is 42.5 Å². The van der Waals surface area contributed by atoms with E-state index in [2.05, 4.69) is 144 Å². The fraction of sp³-hybridized carbons (Fsp3) is 0. The molecule has 4 nitrogen and oxygen atoms in total. The molecule has 0 spiro atoms. The van der Waals surface area contributed by atoms with Crippen LogP contribution < -0.4 is 4.90 Å². The van der Waals surface area contributed by atoms with E-state index >= 15 is 0 Å². The highest BCUT2D eigenvalue weighted by atomic mass is 16.4. The van der Waals surface area contributed by atoms with Crippen molar-refractivity contribution in [2.45, 2.75) is 0 Å². The fourth-order valence-corrected chi connectivity index (χ4v) is 7.29. The molecule has 10 aromatic rings. The van der Waals surface area contributed by atoms with E-state index in [1.165, 1.54) is 21.9 Å². The van der Waals surface area contributed by atoms with Gasteiger partial charge >= 0.3 is 0 Å². The van der Waals surface area contributed by atoms with Crippen LogP contribution in [-0.4, -0.2) is 4.98 Å². The molecule has 2 aromatic heterocycles. The minimum atomic E-state index is 0.602. The van der Waals surface area contributed by atoms with E-state index in [0.717, 1.165) is 66.8 Å². The van der Waals surface area contributed by atoms with E-state index in [4.69, 9.17) is 13.8 Å². The molecule has 0 bridgehead atoms. The van der Waals surface area contributed by atoms with Gasteiger partial charge < -0.3 is 13.7 Å². The summed E-state index contributed by atoms with van der Waals surface area (Å²) < 4.78 is 12.8. The standard InChI is InChI=1S/C47H30N2O2/c1-3-12-34(13-4-1)47-48-45-43(51-47)30-29-42-44(45)41-20-10-19-40(46(41)50-42)33-23-27-37(28-24-33)49(35-15-5-2-6-16-35)36-25-21-32(22-26-36)39-18-9-14-31-11-7-8-17-38(31)39/h1-30H. The van der Waals surface area contributed by atoms with Crippen molar-refractivity contribution in [3.8, 4) is 33.7 Å². The number of para-hydroxylation sites is 2. The maximum Gasteiger partial charge on any atom is 0.227 e. The van der Waals surface area contributed by atoms with E-state index in [1.54, 1.807) is 0 Å². The van der Waals surface area contributed by atoms with Gasteiger partial charge in [0.1, 0.15) is 16.7 Å². The molecule has 0 aliphatic rings. The molecular formula is C47H30N2O2. The van der Waals surface area contributed by atoms with Crippen molar-refractivity contribution < 1.29 is 8.83 Å². The third-order valence-electron chi connectivity index (χ3n) is 9.72. The van der Waals surface area contributed by atoms with Crippen molar-refractivity contribution >= 4 is 60.9 Å². The Morgan fingerprint density at radius 2 is 0.961 bits per heavy atom. The molecular weight excluding hydrogens is 625 g/mol. The molecule has 0 aliphatic heterocycles. The summed E-state index contributed by atoms with van der Waals surface area (Å²) in [6, 6.07) is 63.4. The van der Waals surface area contributed by atoms with Crippen LogP contribution >= 0.6 is 0 Å². The van der Waals surface area contributed by atoms with Crippen LogP contribution in [0.25, 0.3) is 77.5 Å². The lowest BCUT2D eigenvalue weighted by Crippen LogP contribution is -2.09. The van der Waals surface area contributed by atoms with E-state index < -0.39 is 0 Å². The molecule has 8 aromatic carbocycles. The van der Waals surface area contributed by atoms with Crippen LogP contribution in [0.15, 0.2) is 191 Å². The molecule has 2 heterocycles. The SMILES string of the molecule is c1ccc(-c2nc3c(ccc4oc5c(-c6ccc(N(c7ccccc7)c7ccc(-c8cccc9ccccc89)cc7)cc6)cccc5c43)o2)cc1. The third-order valence-corrected chi connectivity index (χ3v) is 9.72. The largest absolute Gasteiger partial charge is 0.455 e. The second-order valence-electron chi connectivity index (χ2n) is 12.7. The molecule has 51 heavy (non-hydrogen) atoms. The Hall–Kier alpha value is -6.91. The summed E-state index contributed by atoms with van der Waals surface area (Å²) >= 11 is 0. The molecule has 0 saturated carbocycles. The number of benzene rings is 8. The van der Waals surface area contributed by atoms with Crippen LogP contribution in [0.2, 0.25) is 0 Å². The third kappa shape index (κ3) is 4.96. The van der Waals surface area contributed by atoms with Gasteiger partial charge in [0.05, 0.1) is 5.39 Å². The average molecular weight is 655 g/mol. The second kappa shape index (κ2) is 11.9. The first kappa shape index (κ1) is 29.0. The number of anilines is 3. The molecule has 240 valence electrons. The molecule has 0 atom stereocenters. The summed E-state index contributed by atoms with van der Waals surface area (Å²) in [5.74, 6) is 0.602. The van der Waals surface area contributed by atoms with Gasteiger partial charge in [-0.2, -0.15) is 0 Å². The Balaban J connectivity index is 1.03. The topological polar surface area (TPSA) is 42.4 Å². The molecule has 0 saturated heterocycles. The highest BCUT2D eigenvalue weighted by Gasteiger charge is 2.19. The van der Waals surface area contributed by atoms with Crippen molar-refractivity contribution in [3.05, 3.63) is 182 Å². The van der Waals surface area contributed by atoms with Crippen molar-refractivity contribution in [1.82, 2.24) is 4.98 Å². The molecule has 0 unspecified atom stereocenters. The van der Waals surface area contributed by atoms with Gasteiger partial charge in [0.2, 0.25) is 5.89 Å². The number of oxazole rings is 1. The maximum atomic E-state index is 6.56. The highest BCUT2D eigenvalue weighted by Crippen LogP contribution is 2.42. The summed E-state index contributed by atoms with van der Waals surface area (Å²) in [5, 5.41) is 4.48. The number of hydrogen-bond donors (Lipinski definition) is 0. The van der Waals surface area contributed by atoms with E-state index in [0.29, 0.717) is 5.89 Å². The van der Waals surface area contributed by atoms with E-state index in [9.17, 15) is 0 Å². The van der Waals surface area contributed by atoms with Crippen LogP contribution in [0.5, 0.6) is 0 Å². The van der Waals surface area contributed by atoms with Gasteiger partial charge in [0.25, 0.3) is 0 Å². The summed E-state index contributed by atoms with van der Waals surface area (Å²) in [6.45, 7) is 0.